The van der Waals surface area contributed by atoms with E-state index in [1.165, 1.54) is 0 Å². The molecule has 0 amide bonds. The van der Waals surface area contributed by atoms with Crippen LogP contribution in [0.25, 0.3) is 0 Å². The van der Waals surface area contributed by atoms with Crippen LogP contribution in [0.4, 0.5) is 0 Å². The minimum Gasteiger partial charge on any atom is -0.260 e. The topological polar surface area (TPSA) is 12.9 Å². The predicted octanol–water partition coefficient (Wildman–Crippen LogP) is 3.14. The van der Waals surface area contributed by atoms with Crippen LogP contribution in [0.3, 0.4) is 0 Å². The molecule has 0 saturated heterocycles. The van der Waals surface area contributed by atoms with Crippen LogP contribution in [0, 0.1) is 0 Å². The summed E-state index contributed by atoms with van der Waals surface area (Å²) in [5.74, 6) is 0. The van der Waals surface area contributed by atoms with E-state index in [-0.39, 0.29) is 5.41 Å². The maximum atomic E-state index is 4.30. The molecular formula is C9H12BrN. The van der Waals surface area contributed by atoms with E-state index < -0.39 is 0 Å². The molecule has 1 nitrogen and oxygen atoms in total. The zero-order chi connectivity index (χ0) is 8.48. The van der Waals surface area contributed by atoms with Crippen LogP contribution in [0.2, 0.25) is 0 Å². The molecule has 0 aromatic carbocycles. The summed E-state index contributed by atoms with van der Waals surface area (Å²) in [5, 5.41) is 0. The maximum Gasteiger partial charge on any atom is 0.0457 e. The number of aromatic nitrogens is 1. The Labute approximate surface area is 76.0 Å². The first kappa shape index (κ1) is 8.72. The predicted molar refractivity (Wildman–Crippen MR) is 50.6 cm³/mol. The van der Waals surface area contributed by atoms with Gasteiger partial charge in [-0.1, -0.05) is 20.8 Å². The number of halogens is 1. The molecule has 0 aliphatic carbocycles. The van der Waals surface area contributed by atoms with E-state index in [4.69, 9.17) is 0 Å². The average Bonchev–Trinajstić information content (AvgIpc) is 1.86. The SMILES string of the molecule is C[14C](C)(C)c1ccc(Br)cn1. The number of hydrogen-bond donors (Lipinski definition) is 0. The highest BCUT2D eigenvalue weighted by atomic mass is 79.9. The van der Waals surface area contributed by atoms with E-state index in [1.54, 1.807) is 0 Å². The summed E-state index contributed by atoms with van der Waals surface area (Å²) in [6.45, 7) is 6.47. The fourth-order valence-electron chi connectivity index (χ4n) is 0.819. The van der Waals surface area contributed by atoms with Gasteiger partial charge in [-0.15, -0.1) is 0 Å². The highest BCUT2D eigenvalue weighted by Crippen LogP contribution is 2.20. The second-order valence-electron chi connectivity index (χ2n) is 3.61. The molecular weight excluding hydrogens is 204 g/mol. The summed E-state index contributed by atoms with van der Waals surface area (Å²) in [5.41, 5.74) is 1.28. The lowest BCUT2D eigenvalue weighted by Gasteiger charge is -2.16. The van der Waals surface area contributed by atoms with Gasteiger partial charge in [-0.3, -0.25) is 4.98 Å². The second-order valence-corrected chi connectivity index (χ2v) is 4.53. The standard InChI is InChI=1S/C9H12BrN/c1-9(2,3)8-5-4-7(10)6-11-8/h4-6H,1-3H3/i9+2. The van der Waals surface area contributed by atoms with E-state index >= 15 is 0 Å². The molecule has 0 aliphatic heterocycles. The van der Waals surface area contributed by atoms with Gasteiger partial charge in [-0.2, -0.15) is 0 Å². The molecule has 0 unspecified atom stereocenters. The lowest BCUT2D eigenvalue weighted by molar-refractivity contribution is 0.568. The van der Waals surface area contributed by atoms with Crippen molar-refractivity contribution >= 4 is 15.9 Å². The van der Waals surface area contributed by atoms with E-state index in [9.17, 15) is 0 Å². The summed E-state index contributed by atoms with van der Waals surface area (Å²) in [6.07, 6.45) is 1.83. The summed E-state index contributed by atoms with van der Waals surface area (Å²) < 4.78 is 1.03. The van der Waals surface area contributed by atoms with E-state index in [2.05, 4.69) is 41.7 Å². The van der Waals surface area contributed by atoms with Crippen molar-refractivity contribution in [3.63, 3.8) is 0 Å². The van der Waals surface area contributed by atoms with Crippen LogP contribution in [0.15, 0.2) is 22.8 Å². The molecule has 1 aromatic heterocycles. The zero-order valence-corrected chi connectivity index (χ0v) is 8.64. The van der Waals surface area contributed by atoms with Gasteiger partial charge in [0.1, 0.15) is 0 Å². The molecule has 0 spiro atoms. The first-order valence-corrected chi connectivity index (χ1v) is 4.41. The van der Waals surface area contributed by atoms with Gasteiger partial charge in [-0.05, 0) is 28.1 Å². The first-order valence-electron chi connectivity index (χ1n) is 3.62. The monoisotopic (exact) mass is 215 g/mol. The molecule has 11 heavy (non-hydrogen) atoms. The Hall–Kier alpha value is -0.370. The molecule has 0 fully saturated rings. The third kappa shape index (κ3) is 2.29. The molecule has 1 rings (SSSR count). The molecule has 0 bridgehead atoms. The molecule has 2 heteroatoms. The Balaban J connectivity index is 2.99. The summed E-state index contributed by atoms with van der Waals surface area (Å²) >= 11 is 3.35. The normalized spacial score (nSPS) is 11.6. The fraction of sp³-hybridized carbons (Fsp3) is 0.444. The molecule has 1 heterocycles. The van der Waals surface area contributed by atoms with Crippen molar-refractivity contribution < 1.29 is 0 Å². The highest BCUT2D eigenvalue weighted by molar-refractivity contribution is 9.10. The van der Waals surface area contributed by atoms with Gasteiger partial charge in [0.2, 0.25) is 0 Å². The van der Waals surface area contributed by atoms with Crippen LogP contribution in [-0.2, 0) is 5.41 Å². The summed E-state index contributed by atoms with van der Waals surface area (Å²) in [7, 11) is 0. The number of hydrogen-bond acceptors (Lipinski definition) is 1. The smallest absolute Gasteiger partial charge is 0.0457 e. The Bertz CT molecular complexity index is 233. The van der Waals surface area contributed by atoms with Crippen LogP contribution < -0.4 is 0 Å². The molecule has 60 valence electrons. The molecule has 0 radical (unpaired) electrons. The Morgan fingerprint density at radius 1 is 1.27 bits per heavy atom. The lowest BCUT2D eigenvalue weighted by Crippen LogP contribution is -2.12. The van der Waals surface area contributed by atoms with E-state index in [1.807, 2.05) is 18.3 Å². The van der Waals surface area contributed by atoms with Crippen molar-refractivity contribution in [1.82, 2.24) is 4.98 Å². The van der Waals surface area contributed by atoms with Crippen LogP contribution in [0.1, 0.15) is 26.5 Å². The average molecular weight is 216 g/mol. The minimum atomic E-state index is 0.153. The van der Waals surface area contributed by atoms with Crippen LogP contribution in [0.5, 0.6) is 0 Å². The van der Waals surface area contributed by atoms with Crippen molar-refractivity contribution in [3.8, 4) is 0 Å². The second kappa shape index (κ2) is 2.94. The largest absolute Gasteiger partial charge is 0.260 e. The van der Waals surface area contributed by atoms with Gasteiger partial charge < -0.3 is 0 Å². The fourth-order valence-corrected chi connectivity index (χ4v) is 1.05. The Morgan fingerprint density at radius 2 is 1.91 bits per heavy atom. The Kier molecular flexibility index (Phi) is 2.33. The zero-order valence-electron chi connectivity index (χ0n) is 7.06. The quantitative estimate of drug-likeness (QED) is 0.649. The molecule has 1 aromatic rings. The van der Waals surface area contributed by atoms with Crippen LogP contribution in [-0.4, -0.2) is 4.98 Å². The molecule has 0 N–H and O–H groups in total. The van der Waals surface area contributed by atoms with E-state index in [0.717, 1.165) is 10.2 Å². The third-order valence-corrected chi connectivity index (χ3v) is 1.96. The summed E-state index contributed by atoms with van der Waals surface area (Å²) in [6, 6.07) is 4.07. The Morgan fingerprint density at radius 3 is 2.27 bits per heavy atom. The third-order valence-electron chi connectivity index (χ3n) is 1.50. The van der Waals surface area contributed by atoms with Crippen molar-refractivity contribution in [2.45, 2.75) is 26.2 Å². The van der Waals surface area contributed by atoms with Gasteiger partial charge in [0.25, 0.3) is 0 Å². The van der Waals surface area contributed by atoms with Gasteiger partial charge in [0.05, 0.1) is 0 Å². The summed E-state index contributed by atoms with van der Waals surface area (Å²) in [4.78, 5) is 4.30. The first-order chi connectivity index (χ1) is 5.00. The van der Waals surface area contributed by atoms with Crippen molar-refractivity contribution in [2.75, 3.05) is 0 Å². The minimum absolute atomic E-state index is 0.153. The lowest BCUT2D eigenvalue weighted by atomic mass is 10.4. The van der Waals surface area contributed by atoms with Gasteiger partial charge in [-0.25, -0.2) is 0 Å². The van der Waals surface area contributed by atoms with E-state index in [0.29, 0.717) is 0 Å². The highest BCUT2D eigenvalue weighted by Gasteiger charge is 2.13. The van der Waals surface area contributed by atoms with Crippen molar-refractivity contribution in [1.29, 1.82) is 0 Å². The van der Waals surface area contributed by atoms with Gasteiger partial charge >= 0.3 is 0 Å². The molecule has 0 atom stereocenters. The number of rotatable bonds is 0. The van der Waals surface area contributed by atoms with Crippen molar-refractivity contribution in [2.24, 2.45) is 0 Å². The molecule has 0 aliphatic rings. The van der Waals surface area contributed by atoms with Gasteiger partial charge in [0, 0.05) is 21.8 Å². The maximum absolute atomic E-state index is 4.30. The molecule has 0 saturated carbocycles. The van der Waals surface area contributed by atoms with Crippen LogP contribution >= 0.6 is 15.9 Å². The number of nitrogens with zero attached hydrogens (tertiary/aromatic N) is 1. The van der Waals surface area contributed by atoms with Gasteiger partial charge in [0.15, 0.2) is 0 Å². The van der Waals surface area contributed by atoms with Crippen molar-refractivity contribution in [3.05, 3.63) is 28.5 Å². The number of pyridine rings is 1.